The molecule has 4 aromatic rings. The van der Waals surface area contributed by atoms with Crippen molar-refractivity contribution in [3.63, 3.8) is 0 Å². The van der Waals surface area contributed by atoms with Gasteiger partial charge in [0, 0.05) is 16.1 Å². The second-order valence-electron chi connectivity index (χ2n) is 6.70. The molecule has 0 aliphatic carbocycles. The standard InChI is InChI=1S/C22H17N3O3S2/c1-2-28-22(27)13-7-9-14(10-8-13)25-20(16-6-4-12-30-16)17-18(15-5-3-11-29-15)23-24-19(17)21(25)26/h3-12,20H,2H2,1H3,(H,23,24)/t20-/m0/s1. The molecule has 0 fully saturated rings. The molecule has 1 aliphatic heterocycles. The van der Waals surface area contributed by atoms with E-state index in [0.717, 1.165) is 21.0 Å². The molecule has 1 amide bonds. The lowest BCUT2D eigenvalue weighted by Crippen LogP contribution is -2.28. The normalized spacial score (nSPS) is 15.4. The molecule has 0 spiro atoms. The summed E-state index contributed by atoms with van der Waals surface area (Å²) in [5.74, 6) is -0.536. The van der Waals surface area contributed by atoms with Crippen LogP contribution in [0.4, 0.5) is 5.69 Å². The fourth-order valence-electron chi connectivity index (χ4n) is 3.70. The zero-order valence-corrected chi connectivity index (χ0v) is 17.6. The first-order chi connectivity index (χ1) is 14.7. The first-order valence-corrected chi connectivity index (χ1v) is 11.2. The van der Waals surface area contributed by atoms with Crippen molar-refractivity contribution in [2.24, 2.45) is 0 Å². The molecule has 150 valence electrons. The monoisotopic (exact) mass is 435 g/mol. The molecule has 1 N–H and O–H groups in total. The Morgan fingerprint density at radius 2 is 1.90 bits per heavy atom. The minimum atomic E-state index is -0.375. The van der Waals surface area contributed by atoms with Crippen molar-refractivity contribution in [3.05, 3.63) is 81.0 Å². The Hall–Kier alpha value is -3.23. The van der Waals surface area contributed by atoms with Gasteiger partial charge in [0.15, 0.2) is 5.69 Å². The van der Waals surface area contributed by atoms with E-state index in [4.69, 9.17) is 4.74 Å². The van der Waals surface area contributed by atoms with Crippen molar-refractivity contribution in [1.29, 1.82) is 0 Å². The summed E-state index contributed by atoms with van der Waals surface area (Å²) < 4.78 is 5.06. The zero-order valence-electron chi connectivity index (χ0n) is 16.0. The van der Waals surface area contributed by atoms with E-state index in [9.17, 15) is 9.59 Å². The number of anilines is 1. The Morgan fingerprint density at radius 3 is 2.57 bits per heavy atom. The number of carbonyl (C=O) groups excluding carboxylic acids is 2. The van der Waals surface area contributed by atoms with Crippen LogP contribution in [-0.4, -0.2) is 28.7 Å². The highest BCUT2D eigenvalue weighted by Crippen LogP contribution is 2.46. The molecule has 1 aromatic carbocycles. The number of nitrogens with zero attached hydrogens (tertiary/aromatic N) is 2. The van der Waals surface area contributed by atoms with E-state index in [1.807, 2.05) is 35.0 Å². The molecule has 0 saturated heterocycles. The van der Waals surface area contributed by atoms with Gasteiger partial charge in [0.05, 0.1) is 22.7 Å². The average molecular weight is 436 g/mol. The van der Waals surface area contributed by atoms with E-state index in [1.165, 1.54) is 0 Å². The van der Waals surface area contributed by atoms with Crippen LogP contribution in [0.2, 0.25) is 0 Å². The van der Waals surface area contributed by atoms with Crippen molar-refractivity contribution in [2.75, 3.05) is 11.5 Å². The van der Waals surface area contributed by atoms with E-state index in [2.05, 4.69) is 10.2 Å². The van der Waals surface area contributed by atoms with Gasteiger partial charge >= 0.3 is 5.97 Å². The maximum Gasteiger partial charge on any atom is 0.338 e. The zero-order chi connectivity index (χ0) is 20.7. The average Bonchev–Trinajstić information content (AvgIpc) is 3.54. The predicted octanol–water partition coefficient (Wildman–Crippen LogP) is 5.13. The second-order valence-corrected chi connectivity index (χ2v) is 8.63. The van der Waals surface area contributed by atoms with Crippen LogP contribution in [0.15, 0.2) is 59.3 Å². The number of fused-ring (bicyclic) bond motifs is 1. The molecule has 0 unspecified atom stereocenters. The molecule has 1 aliphatic rings. The molecule has 4 heterocycles. The maximum atomic E-state index is 13.4. The first-order valence-electron chi connectivity index (χ1n) is 9.45. The highest BCUT2D eigenvalue weighted by atomic mass is 32.1. The van der Waals surface area contributed by atoms with Gasteiger partial charge < -0.3 is 4.74 Å². The van der Waals surface area contributed by atoms with E-state index in [1.54, 1.807) is 58.8 Å². The van der Waals surface area contributed by atoms with Crippen LogP contribution in [0, 0.1) is 0 Å². The van der Waals surface area contributed by atoms with Crippen molar-refractivity contribution >= 4 is 40.2 Å². The van der Waals surface area contributed by atoms with Crippen molar-refractivity contribution in [3.8, 4) is 10.6 Å². The van der Waals surface area contributed by atoms with Gasteiger partial charge in [0.25, 0.3) is 5.91 Å². The van der Waals surface area contributed by atoms with Crippen LogP contribution in [0.1, 0.15) is 44.3 Å². The van der Waals surface area contributed by atoms with Crippen LogP contribution in [0.25, 0.3) is 10.6 Å². The van der Waals surface area contributed by atoms with Gasteiger partial charge in [-0.05, 0) is 54.1 Å². The minimum Gasteiger partial charge on any atom is -0.462 e. The van der Waals surface area contributed by atoms with Crippen LogP contribution < -0.4 is 4.90 Å². The molecule has 1 atom stereocenters. The Morgan fingerprint density at radius 1 is 1.13 bits per heavy atom. The fraction of sp³-hybridized carbons (Fsp3) is 0.136. The predicted molar refractivity (Wildman–Crippen MR) is 117 cm³/mol. The molecule has 6 nitrogen and oxygen atoms in total. The summed E-state index contributed by atoms with van der Waals surface area (Å²) in [4.78, 5) is 29.2. The highest BCUT2D eigenvalue weighted by Gasteiger charge is 2.44. The number of esters is 1. The summed E-state index contributed by atoms with van der Waals surface area (Å²) in [5.41, 5.74) is 3.36. The number of carbonyl (C=O) groups is 2. The van der Waals surface area contributed by atoms with Gasteiger partial charge in [-0.25, -0.2) is 4.79 Å². The van der Waals surface area contributed by atoms with Crippen molar-refractivity contribution in [2.45, 2.75) is 13.0 Å². The number of hydrogen-bond acceptors (Lipinski definition) is 6. The summed E-state index contributed by atoms with van der Waals surface area (Å²) in [6.07, 6.45) is 0. The molecule has 0 saturated carbocycles. The quantitative estimate of drug-likeness (QED) is 0.441. The van der Waals surface area contributed by atoms with Crippen molar-refractivity contribution < 1.29 is 14.3 Å². The summed E-state index contributed by atoms with van der Waals surface area (Å²) in [6.45, 7) is 2.09. The maximum absolute atomic E-state index is 13.4. The smallest absolute Gasteiger partial charge is 0.338 e. The highest BCUT2D eigenvalue weighted by molar-refractivity contribution is 7.13. The number of benzene rings is 1. The van der Waals surface area contributed by atoms with Crippen LogP contribution in [0.5, 0.6) is 0 Å². The van der Waals surface area contributed by atoms with Gasteiger partial charge in [-0.15, -0.1) is 22.7 Å². The van der Waals surface area contributed by atoms with E-state index in [0.29, 0.717) is 23.6 Å². The van der Waals surface area contributed by atoms with E-state index in [-0.39, 0.29) is 17.9 Å². The number of H-pyrrole nitrogens is 1. The summed E-state index contributed by atoms with van der Waals surface area (Å²) in [6, 6.07) is 14.7. The summed E-state index contributed by atoms with van der Waals surface area (Å²) >= 11 is 3.21. The molecule has 5 rings (SSSR count). The number of ether oxygens (including phenoxy) is 1. The third-order valence-corrected chi connectivity index (χ3v) is 6.81. The van der Waals surface area contributed by atoms with Crippen molar-refractivity contribution in [1.82, 2.24) is 10.2 Å². The van der Waals surface area contributed by atoms with Crippen LogP contribution >= 0.6 is 22.7 Å². The Labute approximate surface area is 180 Å². The van der Waals surface area contributed by atoms with Gasteiger partial charge in [-0.1, -0.05) is 12.1 Å². The van der Waals surface area contributed by atoms with E-state index >= 15 is 0 Å². The first kappa shape index (κ1) is 18.8. The van der Waals surface area contributed by atoms with Gasteiger partial charge in [0.1, 0.15) is 6.04 Å². The minimum absolute atomic E-state index is 0.161. The molecule has 3 aromatic heterocycles. The number of amides is 1. The lowest BCUT2D eigenvalue weighted by Gasteiger charge is -2.25. The number of rotatable bonds is 5. The molecule has 0 radical (unpaired) electrons. The third kappa shape index (κ3) is 2.96. The van der Waals surface area contributed by atoms with Gasteiger partial charge in [-0.2, -0.15) is 5.10 Å². The molecular formula is C22H17N3O3S2. The largest absolute Gasteiger partial charge is 0.462 e. The molecular weight excluding hydrogens is 418 g/mol. The lowest BCUT2D eigenvalue weighted by atomic mass is 10.0. The Kier molecular flexibility index (Phi) is 4.72. The summed E-state index contributed by atoms with van der Waals surface area (Å²) in [7, 11) is 0. The third-order valence-electron chi connectivity index (χ3n) is 4.99. The molecule has 0 bridgehead atoms. The number of aromatic nitrogens is 2. The number of nitrogens with one attached hydrogen (secondary N) is 1. The lowest BCUT2D eigenvalue weighted by molar-refractivity contribution is 0.0526. The topological polar surface area (TPSA) is 75.3 Å². The number of hydrogen-bond donors (Lipinski definition) is 1. The fourth-order valence-corrected chi connectivity index (χ4v) is 5.26. The summed E-state index contributed by atoms with van der Waals surface area (Å²) in [5, 5.41) is 11.4. The number of thiophene rings is 2. The Balaban J connectivity index is 1.60. The second kappa shape index (κ2) is 7.55. The Bertz CT molecular complexity index is 1200. The number of aromatic amines is 1. The van der Waals surface area contributed by atoms with Gasteiger partial charge in [0.2, 0.25) is 0 Å². The van der Waals surface area contributed by atoms with Crippen LogP contribution in [-0.2, 0) is 4.74 Å². The molecule has 30 heavy (non-hydrogen) atoms. The van der Waals surface area contributed by atoms with Gasteiger partial charge in [-0.3, -0.25) is 14.8 Å². The van der Waals surface area contributed by atoms with Crippen LogP contribution in [0.3, 0.4) is 0 Å². The van der Waals surface area contributed by atoms with E-state index < -0.39 is 0 Å². The SMILES string of the molecule is CCOC(=O)c1ccc(N2C(=O)c3n[nH]c(-c4cccs4)c3[C@@H]2c2cccs2)cc1. The molecule has 8 heteroatoms.